The fraction of sp³-hybridized carbons (Fsp3) is 0.500. The maximum atomic E-state index is 11.6. The van der Waals surface area contributed by atoms with Crippen molar-refractivity contribution in [3.63, 3.8) is 0 Å². The van der Waals surface area contributed by atoms with Gasteiger partial charge in [0.2, 0.25) is 0 Å². The Morgan fingerprint density at radius 2 is 2.21 bits per heavy atom. The molecular weight excluding hydrogens is 242 g/mol. The number of morpholine rings is 1. The molecule has 1 saturated carbocycles. The zero-order valence-electron chi connectivity index (χ0n) is 10.8. The molecule has 1 heterocycles. The maximum Gasteiger partial charge on any atom is 0.250 e. The molecule has 0 bridgehead atoms. The molecule has 2 atom stereocenters. The Hall–Kier alpha value is -1.75. The third kappa shape index (κ3) is 2.14. The molecule has 2 fully saturated rings. The molecule has 0 spiro atoms. The van der Waals surface area contributed by atoms with Crippen LogP contribution in [-0.4, -0.2) is 31.2 Å². The van der Waals surface area contributed by atoms with Gasteiger partial charge in [-0.3, -0.25) is 4.79 Å². The molecule has 2 aliphatic rings. The Labute approximate surface area is 112 Å². The molecule has 1 amide bonds. The molecule has 19 heavy (non-hydrogen) atoms. The second-order valence-electron chi connectivity index (χ2n) is 5.24. The minimum absolute atomic E-state index is 0.274. The molecule has 3 rings (SSSR count). The highest BCUT2D eigenvalue weighted by molar-refractivity contribution is 5.99. The van der Waals surface area contributed by atoms with Gasteiger partial charge in [-0.15, -0.1) is 0 Å². The molecule has 102 valence electrons. The van der Waals surface area contributed by atoms with Gasteiger partial charge in [0.05, 0.1) is 30.0 Å². The van der Waals surface area contributed by atoms with Crippen molar-refractivity contribution in [3.05, 3.63) is 23.8 Å². The summed E-state index contributed by atoms with van der Waals surface area (Å²) in [4.78, 5) is 13.8. The molecule has 1 aromatic carbocycles. The number of primary amides is 1. The molecule has 1 aromatic rings. The number of nitrogens with two attached hydrogens (primary N) is 2. The van der Waals surface area contributed by atoms with E-state index in [4.69, 9.17) is 16.2 Å². The zero-order chi connectivity index (χ0) is 13.4. The number of ether oxygens (including phenoxy) is 1. The predicted molar refractivity (Wildman–Crippen MR) is 74.1 cm³/mol. The summed E-state index contributed by atoms with van der Waals surface area (Å²) in [6, 6.07) is 5.62. The maximum absolute atomic E-state index is 11.6. The summed E-state index contributed by atoms with van der Waals surface area (Å²) in [5.41, 5.74) is 13.4. The minimum Gasteiger partial charge on any atom is -0.399 e. The van der Waals surface area contributed by atoms with Crippen LogP contribution in [0.4, 0.5) is 11.4 Å². The van der Waals surface area contributed by atoms with Gasteiger partial charge in [-0.25, -0.2) is 0 Å². The van der Waals surface area contributed by atoms with Crippen molar-refractivity contribution in [2.24, 2.45) is 5.73 Å². The average molecular weight is 261 g/mol. The highest BCUT2D eigenvalue weighted by Crippen LogP contribution is 2.35. The Balaban J connectivity index is 2.00. The smallest absolute Gasteiger partial charge is 0.250 e. The summed E-state index contributed by atoms with van der Waals surface area (Å²) in [6.45, 7) is 1.47. The van der Waals surface area contributed by atoms with Gasteiger partial charge < -0.3 is 21.1 Å². The third-order valence-corrected chi connectivity index (χ3v) is 4.08. The lowest BCUT2D eigenvalue weighted by Gasteiger charge is -2.40. The zero-order valence-corrected chi connectivity index (χ0v) is 10.8. The minimum atomic E-state index is -0.406. The van der Waals surface area contributed by atoms with Crippen molar-refractivity contribution in [2.45, 2.75) is 31.4 Å². The summed E-state index contributed by atoms with van der Waals surface area (Å²) in [7, 11) is 0. The molecule has 5 heteroatoms. The molecule has 1 aliphatic carbocycles. The van der Waals surface area contributed by atoms with Crippen LogP contribution >= 0.6 is 0 Å². The van der Waals surface area contributed by atoms with Gasteiger partial charge in [0.15, 0.2) is 0 Å². The van der Waals surface area contributed by atoms with E-state index in [1.165, 1.54) is 6.42 Å². The van der Waals surface area contributed by atoms with Crippen LogP contribution in [0.2, 0.25) is 0 Å². The van der Waals surface area contributed by atoms with Gasteiger partial charge in [-0.05, 0) is 37.5 Å². The summed E-state index contributed by atoms with van der Waals surface area (Å²) in [6.07, 6.45) is 3.63. The number of hydrogen-bond acceptors (Lipinski definition) is 4. The summed E-state index contributed by atoms with van der Waals surface area (Å²) in [5.74, 6) is -0.406. The van der Waals surface area contributed by atoms with Crippen LogP contribution in [0, 0.1) is 0 Å². The van der Waals surface area contributed by atoms with Crippen LogP contribution in [0.3, 0.4) is 0 Å². The number of benzene rings is 1. The monoisotopic (exact) mass is 261 g/mol. The third-order valence-electron chi connectivity index (χ3n) is 4.08. The molecular formula is C14H19N3O2. The molecule has 0 radical (unpaired) electrons. The van der Waals surface area contributed by atoms with E-state index < -0.39 is 5.91 Å². The number of fused-ring (bicyclic) bond motifs is 1. The van der Waals surface area contributed by atoms with Gasteiger partial charge in [-0.1, -0.05) is 0 Å². The van der Waals surface area contributed by atoms with E-state index in [9.17, 15) is 4.79 Å². The number of nitrogens with zero attached hydrogens (tertiary/aromatic N) is 1. The second-order valence-corrected chi connectivity index (χ2v) is 5.24. The molecule has 2 unspecified atom stereocenters. The largest absolute Gasteiger partial charge is 0.399 e. The van der Waals surface area contributed by atoms with Crippen molar-refractivity contribution >= 4 is 17.3 Å². The number of carbonyl (C=O) groups excluding carboxylic acids is 1. The van der Waals surface area contributed by atoms with Crippen molar-refractivity contribution in [1.29, 1.82) is 0 Å². The number of nitrogen functional groups attached to an aromatic ring is 1. The van der Waals surface area contributed by atoms with E-state index in [1.807, 2.05) is 6.07 Å². The first-order valence-corrected chi connectivity index (χ1v) is 6.74. The Kier molecular flexibility index (Phi) is 3.06. The number of anilines is 2. The fourth-order valence-corrected chi connectivity index (χ4v) is 3.22. The highest BCUT2D eigenvalue weighted by atomic mass is 16.5. The molecule has 5 nitrogen and oxygen atoms in total. The van der Waals surface area contributed by atoms with Crippen molar-refractivity contribution in [2.75, 3.05) is 23.8 Å². The van der Waals surface area contributed by atoms with E-state index in [2.05, 4.69) is 4.90 Å². The van der Waals surface area contributed by atoms with Gasteiger partial charge in [0.25, 0.3) is 5.91 Å². The van der Waals surface area contributed by atoms with Crippen molar-refractivity contribution < 1.29 is 9.53 Å². The van der Waals surface area contributed by atoms with Crippen LogP contribution in [0.15, 0.2) is 18.2 Å². The Morgan fingerprint density at radius 3 is 3.00 bits per heavy atom. The topological polar surface area (TPSA) is 81.6 Å². The van der Waals surface area contributed by atoms with Crippen LogP contribution in [0.25, 0.3) is 0 Å². The van der Waals surface area contributed by atoms with Gasteiger partial charge in [0.1, 0.15) is 0 Å². The van der Waals surface area contributed by atoms with Gasteiger partial charge in [-0.2, -0.15) is 0 Å². The quantitative estimate of drug-likeness (QED) is 0.782. The first-order valence-electron chi connectivity index (χ1n) is 6.74. The van der Waals surface area contributed by atoms with Crippen LogP contribution < -0.4 is 16.4 Å². The van der Waals surface area contributed by atoms with E-state index in [1.54, 1.807) is 12.1 Å². The van der Waals surface area contributed by atoms with Crippen molar-refractivity contribution in [3.8, 4) is 0 Å². The number of carbonyl (C=O) groups is 1. The standard InChI is InChI=1S/C14H19N3O2/c15-9-4-5-10(14(16)18)12(8-9)17-6-7-19-13-3-1-2-11(13)17/h4-5,8,11,13H,1-3,6-7,15H2,(H2,16,18). The van der Waals surface area contributed by atoms with Crippen molar-refractivity contribution in [1.82, 2.24) is 0 Å². The molecule has 4 N–H and O–H groups in total. The van der Waals surface area contributed by atoms with Gasteiger partial charge >= 0.3 is 0 Å². The average Bonchev–Trinajstić information content (AvgIpc) is 2.86. The SMILES string of the molecule is NC(=O)c1ccc(N)cc1N1CCOC2CCCC21. The van der Waals surface area contributed by atoms with E-state index in [-0.39, 0.29) is 6.10 Å². The second kappa shape index (κ2) is 4.74. The number of amides is 1. The lowest BCUT2D eigenvalue weighted by Crippen LogP contribution is -2.49. The van der Waals surface area contributed by atoms with E-state index >= 15 is 0 Å². The number of hydrogen-bond donors (Lipinski definition) is 2. The Bertz CT molecular complexity index is 503. The molecule has 1 aliphatic heterocycles. The Morgan fingerprint density at radius 1 is 1.37 bits per heavy atom. The first kappa shape index (κ1) is 12.3. The first-order chi connectivity index (χ1) is 9.16. The summed E-state index contributed by atoms with van der Waals surface area (Å²) in [5, 5.41) is 0. The van der Waals surface area contributed by atoms with Crippen LogP contribution in [-0.2, 0) is 4.74 Å². The highest BCUT2D eigenvalue weighted by Gasteiger charge is 2.37. The van der Waals surface area contributed by atoms with Crippen LogP contribution in [0.1, 0.15) is 29.6 Å². The summed E-state index contributed by atoms with van der Waals surface area (Å²) < 4.78 is 5.80. The molecule has 1 saturated heterocycles. The van der Waals surface area contributed by atoms with Crippen LogP contribution in [0.5, 0.6) is 0 Å². The number of rotatable bonds is 2. The van der Waals surface area contributed by atoms with E-state index in [0.29, 0.717) is 23.9 Å². The fourth-order valence-electron chi connectivity index (χ4n) is 3.22. The normalized spacial score (nSPS) is 26.2. The van der Waals surface area contributed by atoms with Gasteiger partial charge in [0, 0.05) is 12.2 Å². The summed E-state index contributed by atoms with van der Waals surface area (Å²) >= 11 is 0. The predicted octanol–water partition coefficient (Wildman–Crippen LogP) is 1.13. The lowest BCUT2D eigenvalue weighted by atomic mass is 10.1. The molecule has 0 aromatic heterocycles. The van der Waals surface area contributed by atoms with E-state index in [0.717, 1.165) is 25.1 Å². The lowest BCUT2D eigenvalue weighted by molar-refractivity contribution is 0.0255.